The summed E-state index contributed by atoms with van der Waals surface area (Å²) >= 11 is 0. The predicted octanol–water partition coefficient (Wildman–Crippen LogP) is 2.65. The maximum atomic E-state index is 13.0. The van der Waals surface area contributed by atoms with E-state index >= 15 is 0 Å². The number of aromatic nitrogens is 2. The third-order valence-corrected chi connectivity index (χ3v) is 3.10. The highest BCUT2D eigenvalue weighted by Crippen LogP contribution is 2.29. The number of halogens is 1. The molecule has 0 bridgehead atoms. The number of nitrogens with two attached hydrogens (primary N) is 2. The van der Waals surface area contributed by atoms with E-state index in [1.165, 1.54) is 16.8 Å². The van der Waals surface area contributed by atoms with Gasteiger partial charge in [-0.05, 0) is 24.3 Å². The van der Waals surface area contributed by atoms with Gasteiger partial charge in [0, 0.05) is 11.1 Å². The zero-order valence-corrected chi connectivity index (χ0v) is 10.6. The molecule has 0 aliphatic rings. The molecule has 2 aromatic carbocycles. The predicted molar refractivity (Wildman–Crippen MR) is 77.6 cm³/mol. The van der Waals surface area contributed by atoms with E-state index in [2.05, 4.69) is 4.98 Å². The zero-order chi connectivity index (χ0) is 14.1. The molecule has 1 aromatic heterocycles. The first kappa shape index (κ1) is 12.2. The summed E-state index contributed by atoms with van der Waals surface area (Å²) in [5.41, 5.74) is 8.14. The highest BCUT2D eigenvalue weighted by molar-refractivity contribution is 5.75. The van der Waals surface area contributed by atoms with Gasteiger partial charge in [0.15, 0.2) is 11.6 Å². The van der Waals surface area contributed by atoms with E-state index < -0.39 is 0 Å². The van der Waals surface area contributed by atoms with Gasteiger partial charge in [-0.15, -0.1) is 0 Å². The summed E-state index contributed by atoms with van der Waals surface area (Å²) in [5.74, 6) is 6.57. The van der Waals surface area contributed by atoms with Gasteiger partial charge in [0.25, 0.3) is 0 Å². The number of nitrogen functional groups attached to an aromatic ring is 2. The first-order valence-corrected chi connectivity index (χ1v) is 6.11. The first-order chi connectivity index (χ1) is 9.66. The van der Waals surface area contributed by atoms with Crippen molar-refractivity contribution < 1.29 is 4.39 Å². The van der Waals surface area contributed by atoms with Crippen molar-refractivity contribution in [3.63, 3.8) is 0 Å². The maximum absolute atomic E-state index is 13.0. The fraction of sp³-hybridized carbons (Fsp3) is 0. The summed E-state index contributed by atoms with van der Waals surface area (Å²) in [7, 11) is 0. The van der Waals surface area contributed by atoms with Crippen LogP contribution < -0.4 is 11.6 Å². The average Bonchev–Trinajstić information content (AvgIpc) is 2.77. The molecule has 3 rings (SSSR count). The number of nitrogens with zero attached hydrogens (tertiary/aromatic N) is 2. The van der Waals surface area contributed by atoms with E-state index in [4.69, 9.17) is 11.6 Å². The number of hydrogen-bond donors (Lipinski definition) is 2. The summed E-state index contributed by atoms with van der Waals surface area (Å²) in [6.45, 7) is 0. The molecule has 4 nitrogen and oxygen atoms in total. The molecule has 5 heteroatoms. The molecule has 0 aliphatic heterocycles. The van der Waals surface area contributed by atoms with Gasteiger partial charge in [-0.3, -0.25) is 0 Å². The van der Waals surface area contributed by atoms with Crippen LogP contribution in [-0.2, 0) is 0 Å². The minimum atomic E-state index is -0.303. The lowest BCUT2D eigenvalue weighted by molar-refractivity contribution is 0.628. The lowest BCUT2D eigenvalue weighted by Gasteiger charge is -2.02. The Bertz CT molecular complexity index is 733. The van der Waals surface area contributed by atoms with Crippen LogP contribution in [-0.4, -0.2) is 9.66 Å². The Hall–Kier alpha value is -2.82. The molecule has 0 amide bonds. The molecule has 20 heavy (non-hydrogen) atoms. The topological polar surface area (TPSA) is 69.9 Å². The van der Waals surface area contributed by atoms with Gasteiger partial charge in [0.2, 0.25) is 0 Å². The summed E-state index contributed by atoms with van der Waals surface area (Å²) in [6, 6.07) is 15.5. The highest BCUT2D eigenvalue weighted by Gasteiger charge is 2.15. The van der Waals surface area contributed by atoms with Crippen LogP contribution >= 0.6 is 0 Å². The maximum Gasteiger partial charge on any atom is 0.160 e. The number of imidazole rings is 1. The van der Waals surface area contributed by atoms with Gasteiger partial charge in [-0.1, -0.05) is 30.3 Å². The van der Waals surface area contributed by atoms with Crippen molar-refractivity contribution in [3.05, 3.63) is 60.4 Å². The second kappa shape index (κ2) is 4.70. The van der Waals surface area contributed by atoms with Gasteiger partial charge < -0.3 is 11.6 Å². The molecule has 0 saturated carbocycles. The van der Waals surface area contributed by atoms with Gasteiger partial charge in [-0.2, -0.15) is 0 Å². The number of hydrogen-bond acceptors (Lipinski definition) is 3. The van der Waals surface area contributed by atoms with Crippen LogP contribution in [0, 0.1) is 5.82 Å². The van der Waals surface area contributed by atoms with Gasteiger partial charge >= 0.3 is 0 Å². The van der Waals surface area contributed by atoms with Crippen LogP contribution in [0.25, 0.3) is 22.6 Å². The molecule has 100 valence electrons. The quantitative estimate of drug-likeness (QED) is 0.702. The normalized spacial score (nSPS) is 10.7. The zero-order valence-electron chi connectivity index (χ0n) is 10.6. The average molecular weight is 268 g/mol. The van der Waals surface area contributed by atoms with Crippen molar-refractivity contribution >= 4 is 5.82 Å². The first-order valence-electron chi connectivity index (χ1n) is 6.11. The second-order valence-electron chi connectivity index (χ2n) is 4.41. The SMILES string of the molecule is Nc1c(-c2ccc(F)cc2)nc(-c2ccccc2)n1N. The number of anilines is 1. The van der Waals surface area contributed by atoms with E-state index in [9.17, 15) is 4.39 Å². The molecule has 1 heterocycles. The van der Waals surface area contributed by atoms with Gasteiger partial charge in [-0.25, -0.2) is 14.1 Å². The van der Waals surface area contributed by atoms with E-state index in [1.807, 2.05) is 30.3 Å². The van der Waals surface area contributed by atoms with Crippen molar-refractivity contribution in [2.75, 3.05) is 11.6 Å². The van der Waals surface area contributed by atoms with Crippen LogP contribution in [0.4, 0.5) is 10.2 Å². The van der Waals surface area contributed by atoms with Crippen molar-refractivity contribution in [3.8, 4) is 22.6 Å². The van der Waals surface area contributed by atoms with Crippen LogP contribution in [0.15, 0.2) is 54.6 Å². The standard InChI is InChI=1S/C15H13FN4/c16-12-8-6-10(7-9-12)13-14(17)20(18)15(19-13)11-4-2-1-3-5-11/h1-9H,17-18H2. The fourth-order valence-corrected chi connectivity index (χ4v) is 2.06. The summed E-state index contributed by atoms with van der Waals surface area (Å²) in [5, 5.41) is 0. The van der Waals surface area contributed by atoms with Crippen LogP contribution in [0.5, 0.6) is 0 Å². The lowest BCUT2D eigenvalue weighted by atomic mass is 10.1. The molecule has 0 spiro atoms. The Kier molecular flexibility index (Phi) is 2.87. The Morgan fingerprint density at radius 3 is 2.20 bits per heavy atom. The third kappa shape index (κ3) is 1.99. The molecule has 0 aliphatic carbocycles. The molecule has 0 saturated heterocycles. The van der Waals surface area contributed by atoms with Gasteiger partial charge in [0.1, 0.15) is 11.5 Å². The van der Waals surface area contributed by atoms with Crippen LogP contribution in [0.3, 0.4) is 0 Å². The van der Waals surface area contributed by atoms with E-state index in [-0.39, 0.29) is 5.82 Å². The molecule has 0 radical (unpaired) electrons. The number of rotatable bonds is 2. The summed E-state index contributed by atoms with van der Waals surface area (Å²) < 4.78 is 14.3. The minimum absolute atomic E-state index is 0.303. The Balaban J connectivity index is 2.13. The summed E-state index contributed by atoms with van der Waals surface area (Å²) in [6.07, 6.45) is 0. The molecule has 4 N–H and O–H groups in total. The third-order valence-electron chi connectivity index (χ3n) is 3.10. The molecular weight excluding hydrogens is 255 g/mol. The highest BCUT2D eigenvalue weighted by atomic mass is 19.1. The molecule has 0 unspecified atom stereocenters. The molecule has 0 fully saturated rings. The Morgan fingerprint density at radius 2 is 1.55 bits per heavy atom. The van der Waals surface area contributed by atoms with Crippen molar-refractivity contribution in [2.45, 2.75) is 0 Å². The van der Waals surface area contributed by atoms with Crippen molar-refractivity contribution in [1.82, 2.24) is 9.66 Å². The molecule has 0 atom stereocenters. The Labute approximate surface area is 115 Å². The smallest absolute Gasteiger partial charge is 0.160 e. The molecular formula is C15H13FN4. The van der Waals surface area contributed by atoms with E-state index in [0.29, 0.717) is 17.3 Å². The number of benzene rings is 2. The van der Waals surface area contributed by atoms with Crippen molar-refractivity contribution in [1.29, 1.82) is 0 Å². The lowest BCUT2D eigenvalue weighted by Crippen LogP contribution is -2.13. The fourth-order valence-electron chi connectivity index (χ4n) is 2.06. The van der Waals surface area contributed by atoms with Gasteiger partial charge in [0.05, 0.1) is 0 Å². The van der Waals surface area contributed by atoms with E-state index in [0.717, 1.165) is 11.1 Å². The second-order valence-corrected chi connectivity index (χ2v) is 4.41. The Morgan fingerprint density at radius 1 is 0.900 bits per heavy atom. The van der Waals surface area contributed by atoms with E-state index in [1.54, 1.807) is 12.1 Å². The summed E-state index contributed by atoms with van der Waals surface area (Å²) in [4.78, 5) is 4.47. The van der Waals surface area contributed by atoms with Crippen molar-refractivity contribution in [2.24, 2.45) is 0 Å². The largest absolute Gasteiger partial charge is 0.382 e. The van der Waals surface area contributed by atoms with Crippen LogP contribution in [0.2, 0.25) is 0 Å². The monoisotopic (exact) mass is 268 g/mol. The minimum Gasteiger partial charge on any atom is -0.382 e. The molecule has 3 aromatic rings. The van der Waals surface area contributed by atoms with Crippen LogP contribution in [0.1, 0.15) is 0 Å².